The monoisotopic (exact) mass is 347 g/mol. The molecule has 0 aliphatic heterocycles. The van der Waals surface area contributed by atoms with Crippen LogP contribution >= 0.6 is 0 Å². The topological polar surface area (TPSA) is 70.1 Å². The molecule has 1 aromatic carbocycles. The third-order valence-electron chi connectivity index (χ3n) is 4.48. The van der Waals surface area contributed by atoms with Gasteiger partial charge in [0.1, 0.15) is 0 Å². The van der Waals surface area contributed by atoms with E-state index in [9.17, 15) is 4.79 Å². The summed E-state index contributed by atoms with van der Waals surface area (Å²) in [5.74, 6) is 0.253. The number of anilines is 2. The van der Waals surface area contributed by atoms with E-state index in [-0.39, 0.29) is 5.91 Å². The van der Waals surface area contributed by atoms with Gasteiger partial charge in [0.05, 0.1) is 17.5 Å². The van der Waals surface area contributed by atoms with E-state index < -0.39 is 0 Å². The van der Waals surface area contributed by atoms with Crippen molar-refractivity contribution in [2.24, 2.45) is 0 Å². The van der Waals surface area contributed by atoms with E-state index in [1.807, 2.05) is 18.2 Å². The van der Waals surface area contributed by atoms with E-state index in [1.165, 1.54) is 17.2 Å². The molecule has 5 nitrogen and oxygen atoms in total. The van der Waals surface area contributed by atoms with Crippen LogP contribution in [0.5, 0.6) is 0 Å². The van der Waals surface area contributed by atoms with Gasteiger partial charge in [-0.15, -0.1) is 0 Å². The van der Waals surface area contributed by atoms with Crippen LogP contribution in [0, 0.1) is 0 Å². The van der Waals surface area contributed by atoms with Crippen molar-refractivity contribution in [3.8, 4) is 0 Å². The lowest BCUT2D eigenvalue weighted by Crippen LogP contribution is -2.12. The number of aromatic amines is 1. The lowest BCUT2D eigenvalue weighted by molar-refractivity contribution is -0.112. The number of furan rings is 1. The van der Waals surface area contributed by atoms with Crippen LogP contribution in [0.3, 0.4) is 0 Å². The predicted molar refractivity (Wildman–Crippen MR) is 105 cm³/mol. The van der Waals surface area contributed by atoms with E-state index in [0.29, 0.717) is 11.5 Å². The second-order valence-electron chi connectivity index (χ2n) is 6.31. The molecular formula is C21H21N3O2. The van der Waals surface area contributed by atoms with Crippen molar-refractivity contribution in [1.82, 2.24) is 4.98 Å². The molecule has 1 aliphatic rings. The van der Waals surface area contributed by atoms with Crippen molar-refractivity contribution in [1.29, 1.82) is 0 Å². The Hall–Kier alpha value is -3.21. The molecule has 1 aliphatic carbocycles. The number of carbonyl (C=O) groups is 1. The van der Waals surface area contributed by atoms with Crippen molar-refractivity contribution in [2.45, 2.75) is 19.8 Å². The van der Waals surface area contributed by atoms with Crippen LogP contribution in [-0.2, 0) is 11.2 Å². The van der Waals surface area contributed by atoms with E-state index in [4.69, 9.17) is 4.42 Å². The second-order valence-corrected chi connectivity index (χ2v) is 6.31. The zero-order valence-electron chi connectivity index (χ0n) is 14.6. The van der Waals surface area contributed by atoms with Crippen LogP contribution in [-0.4, -0.2) is 17.4 Å². The maximum absolute atomic E-state index is 12.5. The lowest BCUT2D eigenvalue weighted by atomic mass is 10.1. The number of aromatic nitrogens is 1. The first-order valence-corrected chi connectivity index (χ1v) is 8.87. The molecule has 3 aromatic rings. The van der Waals surface area contributed by atoms with Crippen LogP contribution < -0.4 is 10.6 Å². The van der Waals surface area contributed by atoms with E-state index in [2.05, 4.69) is 40.7 Å². The SMILES string of the molecule is CCCNc1cccc2c3c([nH]c12)C=C(C(=O)Nc1ccco1)C=CC3. The number of nitrogens with one attached hydrogen (secondary N) is 3. The molecule has 0 atom stereocenters. The highest BCUT2D eigenvalue weighted by molar-refractivity contribution is 6.09. The lowest BCUT2D eigenvalue weighted by Gasteiger charge is -2.06. The van der Waals surface area contributed by atoms with Crippen molar-refractivity contribution >= 4 is 34.5 Å². The molecule has 0 saturated carbocycles. The van der Waals surface area contributed by atoms with Gasteiger partial charge in [-0.3, -0.25) is 10.1 Å². The molecule has 5 heteroatoms. The first kappa shape index (κ1) is 16.3. The Morgan fingerprint density at radius 2 is 2.19 bits per heavy atom. The number of para-hydroxylation sites is 1. The molecule has 3 N–H and O–H groups in total. The van der Waals surface area contributed by atoms with Gasteiger partial charge in [-0.1, -0.05) is 31.2 Å². The van der Waals surface area contributed by atoms with E-state index in [0.717, 1.165) is 36.3 Å². The van der Waals surface area contributed by atoms with Gasteiger partial charge in [0, 0.05) is 29.3 Å². The summed E-state index contributed by atoms with van der Waals surface area (Å²) in [6.07, 6.45) is 9.17. The number of rotatable bonds is 5. The molecule has 0 radical (unpaired) electrons. The third-order valence-corrected chi connectivity index (χ3v) is 4.48. The van der Waals surface area contributed by atoms with Crippen molar-refractivity contribution < 1.29 is 9.21 Å². The Morgan fingerprint density at radius 1 is 1.27 bits per heavy atom. The van der Waals surface area contributed by atoms with Crippen LogP contribution in [0.1, 0.15) is 24.6 Å². The number of carbonyl (C=O) groups excluding carboxylic acids is 1. The summed E-state index contributed by atoms with van der Waals surface area (Å²) in [6, 6.07) is 9.74. The number of fused-ring (bicyclic) bond motifs is 3. The maximum atomic E-state index is 12.5. The highest BCUT2D eigenvalue weighted by Gasteiger charge is 2.17. The van der Waals surface area contributed by atoms with E-state index >= 15 is 0 Å². The fourth-order valence-corrected chi connectivity index (χ4v) is 3.23. The molecule has 2 aromatic heterocycles. The molecule has 0 saturated heterocycles. The van der Waals surface area contributed by atoms with Crippen molar-refractivity contribution in [3.05, 3.63) is 65.6 Å². The minimum atomic E-state index is -0.188. The number of allylic oxidation sites excluding steroid dienone is 1. The predicted octanol–water partition coefficient (Wildman–Crippen LogP) is 4.72. The Bertz CT molecular complexity index is 994. The molecule has 0 spiro atoms. The Morgan fingerprint density at radius 3 is 3.00 bits per heavy atom. The first-order valence-electron chi connectivity index (χ1n) is 8.87. The van der Waals surface area contributed by atoms with Gasteiger partial charge >= 0.3 is 0 Å². The van der Waals surface area contributed by atoms with Crippen LogP contribution in [0.2, 0.25) is 0 Å². The van der Waals surface area contributed by atoms with Gasteiger partial charge in [0.15, 0.2) is 5.88 Å². The molecule has 4 rings (SSSR count). The number of amides is 1. The van der Waals surface area contributed by atoms with Crippen LogP contribution in [0.15, 0.2) is 58.7 Å². The summed E-state index contributed by atoms with van der Waals surface area (Å²) in [6.45, 7) is 3.07. The minimum Gasteiger partial charge on any atom is -0.449 e. The quantitative estimate of drug-likeness (QED) is 0.625. The van der Waals surface area contributed by atoms with Gasteiger partial charge in [0.2, 0.25) is 0 Å². The van der Waals surface area contributed by atoms with Gasteiger partial charge in [-0.25, -0.2) is 0 Å². The molecule has 0 unspecified atom stereocenters. The summed E-state index contributed by atoms with van der Waals surface area (Å²) < 4.78 is 5.20. The molecule has 132 valence electrons. The summed E-state index contributed by atoms with van der Waals surface area (Å²) >= 11 is 0. The Balaban J connectivity index is 1.70. The summed E-state index contributed by atoms with van der Waals surface area (Å²) in [4.78, 5) is 16.0. The second kappa shape index (κ2) is 6.96. The zero-order valence-corrected chi connectivity index (χ0v) is 14.6. The van der Waals surface area contributed by atoms with Crippen LogP contribution in [0.4, 0.5) is 11.6 Å². The van der Waals surface area contributed by atoms with Gasteiger partial charge in [-0.05, 0) is 36.6 Å². The van der Waals surface area contributed by atoms with Gasteiger partial charge in [-0.2, -0.15) is 0 Å². The van der Waals surface area contributed by atoms with Crippen molar-refractivity contribution in [3.63, 3.8) is 0 Å². The number of hydrogen-bond donors (Lipinski definition) is 3. The summed E-state index contributed by atoms with van der Waals surface area (Å²) in [7, 11) is 0. The highest BCUT2D eigenvalue weighted by Crippen LogP contribution is 2.31. The van der Waals surface area contributed by atoms with Crippen LogP contribution in [0.25, 0.3) is 17.0 Å². The molecule has 2 heterocycles. The summed E-state index contributed by atoms with van der Waals surface area (Å²) in [5.41, 5.74) is 4.95. The number of benzene rings is 1. The van der Waals surface area contributed by atoms with E-state index in [1.54, 1.807) is 12.1 Å². The highest BCUT2D eigenvalue weighted by atomic mass is 16.3. The summed E-state index contributed by atoms with van der Waals surface area (Å²) in [5, 5.41) is 7.43. The largest absolute Gasteiger partial charge is 0.449 e. The number of H-pyrrole nitrogens is 1. The zero-order chi connectivity index (χ0) is 17.9. The maximum Gasteiger partial charge on any atom is 0.258 e. The standard InChI is InChI=1S/C21H21N3O2/c1-2-11-22-17-9-4-8-16-15-7-3-6-14(13-18(15)23-20(16)17)21(25)24-19-10-5-12-26-19/h3-6,8-10,12-13,22-23H,2,7,11H2,1H3,(H,24,25). The van der Waals surface area contributed by atoms with Crippen molar-refractivity contribution in [2.75, 3.05) is 17.2 Å². The fourth-order valence-electron chi connectivity index (χ4n) is 3.23. The Kier molecular flexibility index (Phi) is 4.35. The smallest absolute Gasteiger partial charge is 0.258 e. The van der Waals surface area contributed by atoms with Gasteiger partial charge < -0.3 is 14.7 Å². The molecule has 0 bridgehead atoms. The minimum absolute atomic E-state index is 0.188. The third kappa shape index (κ3) is 3.04. The molecular weight excluding hydrogens is 326 g/mol. The Labute approximate surface area is 151 Å². The molecule has 0 fully saturated rings. The normalized spacial score (nSPS) is 13.2. The first-order chi connectivity index (χ1) is 12.8. The fraction of sp³-hybridized carbons (Fsp3) is 0.190. The average Bonchev–Trinajstić information content (AvgIpc) is 3.22. The molecule has 26 heavy (non-hydrogen) atoms. The number of hydrogen-bond acceptors (Lipinski definition) is 3. The average molecular weight is 347 g/mol. The van der Waals surface area contributed by atoms with Gasteiger partial charge in [0.25, 0.3) is 5.91 Å². The molecule has 1 amide bonds.